The monoisotopic (exact) mass is 642 g/mol. The summed E-state index contributed by atoms with van der Waals surface area (Å²) in [6.45, 7) is 17.2. The van der Waals surface area contributed by atoms with Gasteiger partial charge in [0.1, 0.15) is 0 Å². The Bertz CT molecular complexity index is 1610. The summed E-state index contributed by atoms with van der Waals surface area (Å²) < 4.78 is 0. The average molecular weight is 643 g/mol. The van der Waals surface area contributed by atoms with Gasteiger partial charge in [0.05, 0.1) is 0 Å². The van der Waals surface area contributed by atoms with Crippen LogP contribution in [0.2, 0.25) is 0 Å². The van der Waals surface area contributed by atoms with Crippen LogP contribution in [0.25, 0.3) is 21.5 Å². The van der Waals surface area contributed by atoms with Gasteiger partial charge >= 0.3 is 17.1 Å². The van der Waals surface area contributed by atoms with E-state index in [9.17, 15) is 0 Å². The summed E-state index contributed by atoms with van der Waals surface area (Å²) in [6, 6.07) is 48.8. The Kier molecular flexibility index (Phi) is 10.9. The van der Waals surface area contributed by atoms with Crippen LogP contribution in [0.1, 0.15) is 59.7 Å². The average Bonchev–Trinajstić information content (AvgIpc) is 3.68. The molecule has 6 rings (SSSR count). The van der Waals surface area contributed by atoms with E-state index in [0.717, 1.165) is 0 Å². The molecule has 222 valence electrons. The largest absolute Gasteiger partial charge is 2.00 e. The van der Waals surface area contributed by atoms with Crippen molar-refractivity contribution in [2.24, 2.45) is 0 Å². The van der Waals surface area contributed by atoms with Crippen LogP contribution >= 0.6 is 15.8 Å². The summed E-state index contributed by atoms with van der Waals surface area (Å²) >= 11 is 0. The van der Waals surface area contributed by atoms with E-state index < -0.39 is 7.92 Å². The van der Waals surface area contributed by atoms with Gasteiger partial charge in [-0.2, -0.15) is 24.3 Å². The van der Waals surface area contributed by atoms with E-state index in [2.05, 4.69) is 152 Å². The quantitative estimate of drug-likeness (QED) is 0.0997. The second-order valence-electron chi connectivity index (χ2n) is 13.0. The van der Waals surface area contributed by atoms with Crippen molar-refractivity contribution in [1.29, 1.82) is 0 Å². The van der Waals surface area contributed by atoms with Crippen molar-refractivity contribution in [3.05, 3.63) is 139 Å². The molecule has 0 N–H and O–H groups in total. The van der Waals surface area contributed by atoms with E-state index in [0.29, 0.717) is 5.66 Å². The van der Waals surface area contributed by atoms with Gasteiger partial charge in [-0.15, -0.1) is 18.8 Å². The minimum absolute atomic E-state index is 0. The molecule has 0 saturated carbocycles. The van der Waals surface area contributed by atoms with Crippen LogP contribution in [-0.4, -0.2) is 10.3 Å². The summed E-state index contributed by atoms with van der Waals surface area (Å²) in [5.74, 6) is 0. The van der Waals surface area contributed by atoms with Crippen molar-refractivity contribution < 1.29 is 17.1 Å². The Hall–Kier alpha value is -2.52. The maximum absolute atomic E-state index is 2.50. The second-order valence-corrected chi connectivity index (χ2v) is 19.4. The predicted molar refractivity (Wildman–Crippen MR) is 193 cm³/mol. The van der Waals surface area contributed by atoms with Gasteiger partial charge in [0.25, 0.3) is 0 Å². The first-order valence-electron chi connectivity index (χ1n) is 15.0. The molecule has 0 aliphatic rings. The van der Waals surface area contributed by atoms with E-state index in [4.69, 9.17) is 0 Å². The van der Waals surface area contributed by atoms with Gasteiger partial charge in [0.2, 0.25) is 0 Å². The van der Waals surface area contributed by atoms with Crippen LogP contribution in [0.15, 0.2) is 133 Å². The van der Waals surface area contributed by atoms with Gasteiger partial charge in [-0.1, -0.05) is 133 Å². The van der Waals surface area contributed by atoms with Crippen LogP contribution < -0.4 is 15.9 Å². The Morgan fingerprint density at radius 2 is 1.05 bits per heavy atom. The molecule has 0 amide bonds. The zero-order chi connectivity index (χ0) is 29.9. The molecule has 0 radical (unpaired) electrons. The molecule has 1 unspecified atom stereocenters. The molecule has 3 heteroatoms. The molecule has 0 nitrogen and oxygen atoms in total. The SMILES string of the molecule is CC([c-]1cccc1P(c1cccc2ccccc12)c1cccc2ccccc12)P(C(C)(C)C)C(C)(C)C.[Fe+2].c1cc[cH-]c1. The van der Waals surface area contributed by atoms with E-state index in [-0.39, 0.29) is 35.3 Å². The summed E-state index contributed by atoms with van der Waals surface area (Å²) in [7, 11) is -1.04. The Balaban J connectivity index is 0.000000641. The van der Waals surface area contributed by atoms with Crippen molar-refractivity contribution in [2.75, 3.05) is 0 Å². The molecule has 43 heavy (non-hydrogen) atoms. The molecular formula is C40H44FeP2. The Morgan fingerprint density at radius 3 is 1.49 bits per heavy atom. The number of fused-ring (bicyclic) bond motifs is 2. The van der Waals surface area contributed by atoms with Crippen molar-refractivity contribution in [2.45, 2.75) is 64.4 Å². The van der Waals surface area contributed by atoms with Crippen molar-refractivity contribution >= 4 is 53.3 Å². The van der Waals surface area contributed by atoms with Gasteiger partial charge in [0.15, 0.2) is 0 Å². The van der Waals surface area contributed by atoms with Crippen molar-refractivity contribution in [3.63, 3.8) is 0 Å². The fourth-order valence-electron chi connectivity index (χ4n) is 6.81. The second kappa shape index (κ2) is 14.1. The number of benzene rings is 4. The van der Waals surface area contributed by atoms with Gasteiger partial charge < -0.3 is 0 Å². The predicted octanol–water partition coefficient (Wildman–Crippen LogP) is 11.0. The number of hydrogen-bond acceptors (Lipinski definition) is 0. The molecule has 0 fully saturated rings. The summed E-state index contributed by atoms with van der Waals surface area (Å²) in [6.07, 6.45) is 0. The summed E-state index contributed by atoms with van der Waals surface area (Å²) in [5, 5.41) is 10.4. The molecule has 0 saturated heterocycles. The molecule has 0 aliphatic carbocycles. The Labute approximate surface area is 272 Å². The van der Waals surface area contributed by atoms with E-state index in [1.807, 2.05) is 30.3 Å². The van der Waals surface area contributed by atoms with E-state index >= 15 is 0 Å². The van der Waals surface area contributed by atoms with Crippen LogP contribution in [0.4, 0.5) is 0 Å². The zero-order valence-electron chi connectivity index (χ0n) is 26.5. The molecule has 0 heterocycles. The third-order valence-electron chi connectivity index (χ3n) is 7.92. The smallest absolute Gasteiger partial charge is 0.214 e. The first-order valence-corrected chi connectivity index (χ1v) is 17.8. The molecular weight excluding hydrogens is 598 g/mol. The topological polar surface area (TPSA) is 0 Å². The summed E-state index contributed by atoms with van der Waals surface area (Å²) in [5.41, 5.74) is 2.05. The van der Waals surface area contributed by atoms with Crippen LogP contribution in [-0.2, 0) is 17.1 Å². The summed E-state index contributed by atoms with van der Waals surface area (Å²) in [4.78, 5) is 0. The van der Waals surface area contributed by atoms with Crippen molar-refractivity contribution in [3.8, 4) is 0 Å². The molecule has 0 bridgehead atoms. The first kappa shape index (κ1) is 33.4. The van der Waals surface area contributed by atoms with E-state index in [1.165, 1.54) is 37.5 Å². The molecule has 0 spiro atoms. The van der Waals surface area contributed by atoms with Crippen LogP contribution in [0.3, 0.4) is 0 Å². The zero-order valence-corrected chi connectivity index (χ0v) is 29.4. The number of rotatable bonds is 5. The maximum Gasteiger partial charge on any atom is 2.00 e. The van der Waals surface area contributed by atoms with Crippen molar-refractivity contribution in [1.82, 2.24) is 0 Å². The van der Waals surface area contributed by atoms with Gasteiger partial charge in [-0.05, 0) is 56.0 Å². The maximum atomic E-state index is 2.50. The molecule has 1 atom stereocenters. The third-order valence-corrected chi connectivity index (χ3v) is 14.5. The molecule has 6 aromatic carbocycles. The van der Waals surface area contributed by atoms with Gasteiger partial charge in [-0.3, -0.25) is 0 Å². The first-order chi connectivity index (χ1) is 20.1. The fraction of sp³-hybridized carbons (Fsp3) is 0.250. The minimum atomic E-state index is -0.748. The molecule has 0 aliphatic heterocycles. The fourth-order valence-corrected chi connectivity index (χ4v) is 14.6. The van der Waals surface area contributed by atoms with Crippen LogP contribution in [0, 0.1) is 0 Å². The number of hydrogen-bond donors (Lipinski definition) is 0. The Morgan fingerprint density at radius 1 is 0.581 bits per heavy atom. The van der Waals surface area contributed by atoms with Crippen LogP contribution in [0.5, 0.6) is 0 Å². The minimum Gasteiger partial charge on any atom is -0.214 e. The normalized spacial score (nSPS) is 12.7. The third kappa shape index (κ3) is 7.42. The van der Waals surface area contributed by atoms with Gasteiger partial charge in [-0.25, -0.2) is 24.3 Å². The molecule has 6 aromatic rings. The standard InChI is InChI=1S/C35H39P2.C5H5.Fe/c1-25(37(34(2,3)4)35(5,6)7)28-21-14-24-31(28)36(32-22-12-17-26-15-8-10-19-29(26)32)33-23-13-18-27-16-9-11-20-30(27)33;1-2-4-5-3-1;/h8-25H,1-7H3;1-5H;/q2*-1;+2. The molecule has 0 aromatic heterocycles. The van der Waals surface area contributed by atoms with Gasteiger partial charge in [0, 0.05) is 0 Å². The van der Waals surface area contributed by atoms with E-state index in [1.54, 1.807) is 5.56 Å².